The van der Waals surface area contributed by atoms with E-state index in [9.17, 15) is 21.6 Å². The lowest BCUT2D eigenvalue weighted by Crippen LogP contribution is -2.28. The van der Waals surface area contributed by atoms with E-state index in [1.54, 1.807) is 0 Å². The van der Waals surface area contributed by atoms with Crippen molar-refractivity contribution in [2.75, 3.05) is 18.0 Å². The van der Waals surface area contributed by atoms with Crippen LogP contribution in [-0.2, 0) is 17.1 Å². The Hall–Kier alpha value is -0.940. The molecule has 6 nitrogen and oxygen atoms in total. The summed E-state index contributed by atoms with van der Waals surface area (Å²) >= 11 is -0.301. The van der Waals surface area contributed by atoms with Crippen molar-refractivity contribution in [2.45, 2.75) is 10.5 Å². The fraction of sp³-hybridized carbons (Fsp3) is 0.571. The van der Waals surface area contributed by atoms with Gasteiger partial charge < -0.3 is 10.3 Å². The second kappa shape index (κ2) is 5.36. The van der Waals surface area contributed by atoms with Crippen LogP contribution in [0.25, 0.3) is 0 Å². The molecule has 3 N–H and O–H groups in total. The lowest BCUT2D eigenvalue weighted by molar-refractivity contribution is -0.0327. The summed E-state index contributed by atoms with van der Waals surface area (Å²) in [6.07, 6.45) is 1.20. The molecule has 1 heterocycles. The summed E-state index contributed by atoms with van der Waals surface area (Å²) in [6.45, 7) is -0.350. The highest BCUT2D eigenvalue weighted by Gasteiger charge is 2.28. The minimum atomic E-state index is -4.38. The third-order valence-corrected chi connectivity index (χ3v) is 4.15. The van der Waals surface area contributed by atoms with Gasteiger partial charge >= 0.3 is 5.51 Å². The maximum Gasteiger partial charge on any atom is 0.441 e. The molecule has 18 heavy (non-hydrogen) atoms. The minimum Gasteiger partial charge on any atom is -0.381 e. The number of imidazole rings is 1. The molecule has 0 amide bonds. The maximum absolute atomic E-state index is 11.8. The molecule has 1 aromatic rings. The van der Waals surface area contributed by atoms with Gasteiger partial charge in [-0.15, -0.1) is 0 Å². The predicted octanol–water partition coefficient (Wildman–Crippen LogP) is 0.534. The van der Waals surface area contributed by atoms with Gasteiger partial charge in [0.1, 0.15) is 0 Å². The highest BCUT2D eigenvalue weighted by Crippen LogP contribution is 2.29. The van der Waals surface area contributed by atoms with Crippen LogP contribution in [-0.4, -0.2) is 35.8 Å². The quantitative estimate of drug-likeness (QED) is 0.775. The van der Waals surface area contributed by atoms with E-state index < -0.39 is 21.3 Å². The average Bonchev–Trinajstić information content (AvgIpc) is 2.52. The van der Waals surface area contributed by atoms with Gasteiger partial charge in [-0.05, 0) is 11.8 Å². The third kappa shape index (κ3) is 4.07. The van der Waals surface area contributed by atoms with Crippen LogP contribution in [0.4, 0.5) is 19.0 Å². The molecule has 0 aromatic carbocycles. The molecular weight excluding hydrogens is 293 g/mol. The number of nitrogens with zero attached hydrogens (tertiary/aromatic N) is 2. The Bertz CT molecular complexity index is 492. The monoisotopic (exact) mass is 304 g/mol. The van der Waals surface area contributed by atoms with Crippen LogP contribution >= 0.6 is 11.8 Å². The number of sulfonamides is 1. The molecule has 0 aliphatic rings. The van der Waals surface area contributed by atoms with Crippen molar-refractivity contribution >= 4 is 27.6 Å². The predicted molar refractivity (Wildman–Crippen MR) is 61.3 cm³/mol. The summed E-state index contributed by atoms with van der Waals surface area (Å²) in [5, 5.41) is -0.264. The molecule has 0 radical (unpaired) electrons. The highest BCUT2D eigenvalue weighted by atomic mass is 32.2. The number of nitrogen functional groups attached to an aromatic ring is 1. The fourth-order valence-corrected chi connectivity index (χ4v) is 3.00. The van der Waals surface area contributed by atoms with Gasteiger partial charge in [0, 0.05) is 19.3 Å². The van der Waals surface area contributed by atoms with Crippen LogP contribution in [0.1, 0.15) is 0 Å². The summed E-state index contributed by atoms with van der Waals surface area (Å²) in [4.78, 5) is 3.59. The first-order valence-electron chi connectivity index (χ1n) is 4.60. The summed E-state index contributed by atoms with van der Waals surface area (Å²) in [7, 11) is -2.53. The molecule has 0 aliphatic heterocycles. The van der Waals surface area contributed by atoms with E-state index in [1.165, 1.54) is 17.9 Å². The average molecular weight is 304 g/mol. The minimum absolute atomic E-state index is 0.200. The second-order valence-corrected chi connectivity index (χ2v) is 6.08. The van der Waals surface area contributed by atoms with Crippen LogP contribution in [0.5, 0.6) is 0 Å². The zero-order valence-corrected chi connectivity index (χ0v) is 10.9. The van der Waals surface area contributed by atoms with E-state index in [2.05, 4.69) is 4.98 Å². The standard InChI is InChI=1S/C7H11F3N4O2S2/c1-14-4-12-5(11)6(14)18(15,16)13-2-3-17-7(8,9)10/h4,13H,2-3,11H2,1H3. The van der Waals surface area contributed by atoms with Crippen molar-refractivity contribution in [2.24, 2.45) is 7.05 Å². The zero-order valence-electron chi connectivity index (χ0n) is 9.23. The smallest absolute Gasteiger partial charge is 0.381 e. The first-order chi connectivity index (χ1) is 8.13. The van der Waals surface area contributed by atoms with Gasteiger partial charge in [0.15, 0.2) is 10.8 Å². The van der Waals surface area contributed by atoms with Crippen LogP contribution < -0.4 is 10.5 Å². The van der Waals surface area contributed by atoms with E-state index in [1.807, 2.05) is 4.72 Å². The SMILES string of the molecule is Cn1cnc(N)c1S(=O)(=O)NCCSC(F)(F)F. The molecule has 0 saturated heterocycles. The van der Waals surface area contributed by atoms with E-state index in [0.29, 0.717) is 0 Å². The Balaban J connectivity index is 2.62. The number of hydrogen-bond acceptors (Lipinski definition) is 5. The van der Waals surface area contributed by atoms with Crippen molar-refractivity contribution in [3.63, 3.8) is 0 Å². The number of nitrogens with one attached hydrogen (secondary N) is 1. The summed E-state index contributed by atoms with van der Waals surface area (Å²) in [6, 6.07) is 0. The zero-order chi connectivity index (χ0) is 14.0. The largest absolute Gasteiger partial charge is 0.441 e. The number of nitrogens with two attached hydrogens (primary N) is 1. The van der Waals surface area contributed by atoms with E-state index >= 15 is 0 Å². The number of thioether (sulfide) groups is 1. The van der Waals surface area contributed by atoms with Crippen LogP contribution in [0, 0.1) is 0 Å². The number of hydrogen-bond donors (Lipinski definition) is 2. The Labute approximate surface area is 106 Å². The number of anilines is 1. The Morgan fingerprint density at radius 1 is 1.56 bits per heavy atom. The Morgan fingerprint density at radius 2 is 2.17 bits per heavy atom. The van der Waals surface area contributed by atoms with Gasteiger partial charge in [0.25, 0.3) is 10.0 Å². The van der Waals surface area contributed by atoms with Gasteiger partial charge in [-0.25, -0.2) is 18.1 Å². The van der Waals surface area contributed by atoms with E-state index in [0.717, 1.165) is 0 Å². The van der Waals surface area contributed by atoms with Crippen molar-refractivity contribution in [3.8, 4) is 0 Å². The second-order valence-electron chi connectivity index (χ2n) is 3.24. The van der Waals surface area contributed by atoms with Gasteiger partial charge in [0.2, 0.25) is 0 Å². The van der Waals surface area contributed by atoms with E-state index in [-0.39, 0.29) is 29.2 Å². The molecule has 0 aliphatic carbocycles. The molecule has 0 saturated carbocycles. The number of aryl methyl sites for hydroxylation is 1. The molecule has 0 spiro atoms. The highest BCUT2D eigenvalue weighted by molar-refractivity contribution is 8.00. The number of aromatic nitrogens is 2. The first kappa shape index (κ1) is 15.1. The fourth-order valence-electron chi connectivity index (χ4n) is 1.18. The van der Waals surface area contributed by atoms with E-state index in [4.69, 9.17) is 5.73 Å². The normalized spacial score (nSPS) is 12.9. The lowest BCUT2D eigenvalue weighted by atomic mass is 10.8. The van der Waals surface area contributed by atoms with Crippen LogP contribution in [0.3, 0.4) is 0 Å². The first-order valence-corrected chi connectivity index (χ1v) is 7.07. The van der Waals surface area contributed by atoms with Crippen molar-refractivity contribution in [1.82, 2.24) is 14.3 Å². The molecule has 0 bridgehead atoms. The molecular formula is C7H11F3N4O2S2. The van der Waals surface area contributed by atoms with Gasteiger partial charge in [0.05, 0.1) is 6.33 Å². The summed E-state index contributed by atoms with van der Waals surface area (Å²) in [5.41, 5.74) is 0.987. The summed E-state index contributed by atoms with van der Waals surface area (Å²) in [5.74, 6) is -0.617. The van der Waals surface area contributed by atoms with Crippen molar-refractivity contribution in [3.05, 3.63) is 6.33 Å². The number of alkyl halides is 3. The van der Waals surface area contributed by atoms with Gasteiger partial charge in [-0.2, -0.15) is 13.2 Å². The Kier molecular flexibility index (Phi) is 4.50. The lowest BCUT2D eigenvalue weighted by Gasteiger charge is -2.08. The van der Waals surface area contributed by atoms with Crippen LogP contribution in [0.2, 0.25) is 0 Å². The molecule has 0 atom stereocenters. The topological polar surface area (TPSA) is 90.0 Å². The van der Waals surface area contributed by atoms with Crippen LogP contribution in [0.15, 0.2) is 11.4 Å². The van der Waals surface area contributed by atoms with Crippen molar-refractivity contribution < 1.29 is 21.6 Å². The van der Waals surface area contributed by atoms with Gasteiger partial charge in [-0.3, -0.25) is 0 Å². The molecule has 1 rings (SSSR count). The number of rotatable bonds is 5. The number of halogens is 3. The molecule has 1 aromatic heterocycles. The molecule has 11 heteroatoms. The molecule has 104 valence electrons. The maximum atomic E-state index is 11.8. The third-order valence-electron chi connectivity index (χ3n) is 1.82. The van der Waals surface area contributed by atoms with Crippen molar-refractivity contribution in [1.29, 1.82) is 0 Å². The summed E-state index contributed by atoms with van der Waals surface area (Å²) < 4.78 is 62.1. The Morgan fingerprint density at radius 3 is 2.61 bits per heavy atom. The molecule has 0 unspecified atom stereocenters. The van der Waals surface area contributed by atoms with Gasteiger partial charge in [-0.1, -0.05) is 0 Å². The molecule has 0 fully saturated rings.